The Morgan fingerprint density at radius 3 is 1.96 bits per heavy atom. The summed E-state index contributed by atoms with van der Waals surface area (Å²) in [6.45, 7) is 2.18. The molecule has 0 heterocycles. The zero-order chi connectivity index (χ0) is 20.5. The van der Waals surface area contributed by atoms with E-state index in [2.05, 4.69) is 5.32 Å². The number of methoxy groups -OCH3 is 4. The molecule has 1 atom stereocenters. The third-order valence-electron chi connectivity index (χ3n) is 4.19. The predicted octanol–water partition coefficient (Wildman–Crippen LogP) is 3.19. The zero-order valence-corrected chi connectivity index (χ0v) is 16.9. The highest BCUT2D eigenvalue weighted by Crippen LogP contribution is 2.38. The van der Waals surface area contributed by atoms with E-state index in [9.17, 15) is 4.79 Å². The number of benzene rings is 2. The molecule has 152 valence electrons. The molecule has 0 spiro atoms. The van der Waals surface area contributed by atoms with Gasteiger partial charge in [0, 0.05) is 6.54 Å². The van der Waals surface area contributed by atoms with Crippen LogP contribution in [0.25, 0.3) is 0 Å². The number of ether oxygens (including phenoxy) is 5. The Kier molecular flexibility index (Phi) is 7.80. The van der Waals surface area contributed by atoms with Gasteiger partial charge in [0.15, 0.2) is 29.1 Å². The molecule has 1 amide bonds. The van der Waals surface area contributed by atoms with E-state index in [1.807, 2.05) is 19.1 Å². The Morgan fingerprint density at radius 1 is 0.893 bits per heavy atom. The van der Waals surface area contributed by atoms with Gasteiger partial charge in [-0.3, -0.25) is 4.79 Å². The zero-order valence-electron chi connectivity index (χ0n) is 16.9. The van der Waals surface area contributed by atoms with E-state index in [-0.39, 0.29) is 5.91 Å². The van der Waals surface area contributed by atoms with E-state index in [0.717, 1.165) is 5.56 Å². The summed E-state index contributed by atoms with van der Waals surface area (Å²) in [5, 5.41) is 2.89. The van der Waals surface area contributed by atoms with Crippen molar-refractivity contribution in [1.29, 1.82) is 0 Å². The first-order chi connectivity index (χ1) is 13.6. The highest BCUT2D eigenvalue weighted by molar-refractivity contribution is 5.81. The van der Waals surface area contributed by atoms with Crippen LogP contribution in [0.4, 0.5) is 0 Å². The molecule has 0 aromatic heterocycles. The fraction of sp³-hybridized carbons (Fsp3) is 0.381. The maximum atomic E-state index is 12.6. The second kappa shape index (κ2) is 10.3. The lowest BCUT2D eigenvalue weighted by atomic mass is 10.1. The first kappa shape index (κ1) is 21.2. The lowest BCUT2D eigenvalue weighted by Gasteiger charge is -2.19. The average molecular weight is 389 g/mol. The van der Waals surface area contributed by atoms with Crippen molar-refractivity contribution in [2.45, 2.75) is 26.0 Å². The Balaban J connectivity index is 2.09. The molecule has 0 saturated heterocycles. The number of hydrogen-bond acceptors (Lipinski definition) is 6. The molecule has 1 N–H and O–H groups in total. The maximum absolute atomic E-state index is 12.6. The number of nitrogens with one attached hydrogen (secondary N) is 1. The van der Waals surface area contributed by atoms with E-state index in [4.69, 9.17) is 23.7 Å². The molecule has 0 bridgehead atoms. The summed E-state index contributed by atoms with van der Waals surface area (Å²) in [6.07, 6.45) is -0.127. The summed E-state index contributed by atoms with van der Waals surface area (Å²) in [4.78, 5) is 12.6. The number of carbonyl (C=O) groups is 1. The highest BCUT2D eigenvalue weighted by Gasteiger charge is 2.20. The van der Waals surface area contributed by atoms with E-state index in [1.165, 1.54) is 0 Å². The number of carbonyl (C=O) groups excluding carboxylic acids is 1. The largest absolute Gasteiger partial charge is 0.493 e. The van der Waals surface area contributed by atoms with Crippen molar-refractivity contribution in [3.63, 3.8) is 0 Å². The van der Waals surface area contributed by atoms with Crippen LogP contribution in [-0.2, 0) is 11.3 Å². The van der Waals surface area contributed by atoms with Gasteiger partial charge in [-0.15, -0.1) is 0 Å². The summed E-state index contributed by atoms with van der Waals surface area (Å²) in [6, 6.07) is 10.8. The van der Waals surface area contributed by atoms with Crippen LogP contribution in [0.1, 0.15) is 18.9 Å². The van der Waals surface area contributed by atoms with Gasteiger partial charge in [-0.1, -0.05) is 19.1 Å². The van der Waals surface area contributed by atoms with Gasteiger partial charge in [0.05, 0.1) is 28.4 Å². The molecule has 0 radical (unpaired) electrons. The van der Waals surface area contributed by atoms with E-state index in [0.29, 0.717) is 41.7 Å². The molecule has 7 heteroatoms. The van der Waals surface area contributed by atoms with Crippen LogP contribution in [0.2, 0.25) is 0 Å². The van der Waals surface area contributed by atoms with Crippen LogP contribution < -0.4 is 29.0 Å². The fourth-order valence-corrected chi connectivity index (χ4v) is 2.73. The van der Waals surface area contributed by atoms with E-state index < -0.39 is 6.10 Å². The minimum absolute atomic E-state index is 0.220. The van der Waals surface area contributed by atoms with Crippen LogP contribution in [0.5, 0.6) is 28.7 Å². The van der Waals surface area contributed by atoms with Gasteiger partial charge in [-0.05, 0) is 36.2 Å². The van der Waals surface area contributed by atoms with Gasteiger partial charge >= 0.3 is 0 Å². The van der Waals surface area contributed by atoms with Crippen molar-refractivity contribution in [1.82, 2.24) is 5.32 Å². The van der Waals surface area contributed by atoms with Gasteiger partial charge in [-0.2, -0.15) is 0 Å². The summed E-state index contributed by atoms with van der Waals surface area (Å²) < 4.78 is 27.1. The van der Waals surface area contributed by atoms with Gasteiger partial charge in [-0.25, -0.2) is 0 Å². The topological polar surface area (TPSA) is 75.3 Å². The molecule has 0 fully saturated rings. The molecule has 2 rings (SSSR count). The molecule has 2 aromatic rings. The Morgan fingerprint density at radius 2 is 1.46 bits per heavy atom. The minimum atomic E-state index is -0.640. The van der Waals surface area contributed by atoms with Gasteiger partial charge < -0.3 is 29.0 Å². The maximum Gasteiger partial charge on any atom is 0.261 e. The van der Waals surface area contributed by atoms with Crippen molar-refractivity contribution in [3.8, 4) is 28.7 Å². The number of amides is 1. The molecule has 0 aliphatic rings. The molecular weight excluding hydrogens is 362 g/mol. The molecule has 2 aromatic carbocycles. The number of rotatable bonds is 10. The fourth-order valence-electron chi connectivity index (χ4n) is 2.73. The minimum Gasteiger partial charge on any atom is -0.493 e. The lowest BCUT2D eigenvalue weighted by Crippen LogP contribution is -2.37. The Bertz CT molecular complexity index is 767. The number of para-hydroxylation sites is 2. The van der Waals surface area contributed by atoms with Crippen LogP contribution in [-0.4, -0.2) is 40.5 Å². The van der Waals surface area contributed by atoms with E-state index in [1.54, 1.807) is 52.7 Å². The van der Waals surface area contributed by atoms with Crippen LogP contribution in [0, 0.1) is 0 Å². The Hall–Kier alpha value is -3.09. The van der Waals surface area contributed by atoms with Crippen LogP contribution in [0.3, 0.4) is 0 Å². The standard InChI is InChI=1S/C21H27NO6/c1-6-15(28-17-10-8-7-9-16(17)24-2)21(23)22-13-14-11-18(25-3)20(27-5)19(12-14)26-4/h7-12,15H,6,13H2,1-5H3,(H,22,23)/t15-/m1/s1. The normalized spacial score (nSPS) is 11.3. The SMILES string of the molecule is CC[C@@H](Oc1ccccc1OC)C(=O)NCc1cc(OC)c(OC)c(OC)c1. The first-order valence-corrected chi connectivity index (χ1v) is 8.94. The van der Waals surface area contributed by atoms with Crippen LogP contribution >= 0.6 is 0 Å². The van der Waals surface area contributed by atoms with Gasteiger partial charge in [0.1, 0.15) is 0 Å². The quantitative estimate of drug-likeness (QED) is 0.673. The lowest BCUT2D eigenvalue weighted by molar-refractivity contribution is -0.128. The van der Waals surface area contributed by atoms with Crippen molar-refractivity contribution in [3.05, 3.63) is 42.0 Å². The van der Waals surface area contributed by atoms with Gasteiger partial charge in [0.2, 0.25) is 5.75 Å². The average Bonchev–Trinajstić information content (AvgIpc) is 2.74. The Labute approximate surface area is 165 Å². The second-order valence-corrected chi connectivity index (χ2v) is 5.92. The third-order valence-corrected chi connectivity index (χ3v) is 4.19. The van der Waals surface area contributed by atoms with E-state index >= 15 is 0 Å². The molecule has 28 heavy (non-hydrogen) atoms. The molecule has 0 aliphatic carbocycles. The smallest absolute Gasteiger partial charge is 0.261 e. The summed E-state index contributed by atoms with van der Waals surface area (Å²) in [5.74, 6) is 2.46. The summed E-state index contributed by atoms with van der Waals surface area (Å²) in [7, 11) is 6.21. The van der Waals surface area contributed by atoms with Crippen LogP contribution in [0.15, 0.2) is 36.4 Å². The molecule has 0 saturated carbocycles. The summed E-state index contributed by atoms with van der Waals surface area (Å²) >= 11 is 0. The summed E-state index contributed by atoms with van der Waals surface area (Å²) in [5.41, 5.74) is 0.815. The molecular formula is C21H27NO6. The molecule has 0 aliphatic heterocycles. The van der Waals surface area contributed by atoms with Crippen molar-refractivity contribution in [2.75, 3.05) is 28.4 Å². The van der Waals surface area contributed by atoms with Crippen molar-refractivity contribution < 1.29 is 28.5 Å². The monoisotopic (exact) mass is 389 g/mol. The second-order valence-electron chi connectivity index (χ2n) is 5.92. The third kappa shape index (κ3) is 5.00. The van der Waals surface area contributed by atoms with Crippen molar-refractivity contribution >= 4 is 5.91 Å². The predicted molar refractivity (Wildman–Crippen MR) is 106 cm³/mol. The number of hydrogen-bond donors (Lipinski definition) is 1. The molecule has 7 nitrogen and oxygen atoms in total. The highest BCUT2D eigenvalue weighted by atomic mass is 16.5. The van der Waals surface area contributed by atoms with Gasteiger partial charge in [0.25, 0.3) is 5.91 Å². The van der Waals surface area contributed by atoms with Crippen molar-refractivity contribution in [2.24, 2.45) is 0 Å². The first-order valence-electron chi connectivity index (χ1n) is 8.94. The molecule has 0 unspecified atom stereocenters.